The number of amides is 1. The predicted octanol–water partition coefficient (Wildman–Crippen LogP) is 3.56. The van der Waals surface area contributed by atoms with Crippen LogP contribution >= 0.6 is 11.8 Å². The Hall–Kier alpha value is -2.08. The fraction of sp³-hybridized carbons (Fsp3) is 0.476. The van der Waals surface area contributed by atoms with Gasteiger partial charge in [-0.25, -0.2) is 4.98 Å². The highest BCUT2D eigenvalue weighted by Gasteiger charge is 2.32. The first kappa shape index (κ1) is 18.3. The Bertz CT molecular complexity index is 945. The summed E-state index contributed by atoms with van der Waals surface area (Å²) in [4.78, 5) is 32.4. The Balaban J connectivity index is 1.58. The van der Waals surface area contributed by atoms with Crippen LogP contribution in [0.2, 0.25) is 0 Å². The van der Waals surface area contributed by atoms with Gasteiger partial charge in [0.15, 0.2) is 5.16 Å². The van der Waals surface area contributed by atoms with Crippen LogP contribution < -0.4 is 10.5 Å². The van der Waals surface area contributed by atoms with Gasteiger partial charge in [-0.15, -0.1) is 0 Å². The highest BCUT2D eigenvalue weighted by atomic mass is 32.2. The molecule has 0 saturated carbocycles. The molecule has 0 bridgehead atoms. The van der Waals surface area contributed by atoms with Crippen molar-refractivity contribution in [3.05, 3.63) is 51.9 Å². The molecule has 1 unspecified atom stereocenters. The average molecular weight is 384 g/mol. The van der Waals surface area contributed by atoms with E-state index in [9.17, 15) is 9.59 Å². The van der Waals surface area contributed by atoms with Crippen LogP contribution in [0.1, 0.15) is 50.9 Å². The third-order valence-corrected chi connectivity index (χ3v) is 6.38. The molecule has 5 nitrogen and oxygen atoms in total. The smallest absolute Gasteiger partial charge is 0.254 e. The van der Waals surface area contributed by atoms with Gasteiger partial charge >= 0.3 is 0 Å². The van der Waals surface area contributed by atoms with E-state index in [-0.39, 0.29) is 22.9 Å². The molecule has 0 spiro atoms. The number of anilines is 1. The molecule has 1 atom stereocenters. The first-order chi connectivity index (χ1) is 12.8. The first-order valence-electron chi connectivity index (χ1n) is 9.50. The number of aromatic nitrogens is 2. The van der Waals surface area contributed by atoms with E-state index in [4.69, 9.17) is 4.98 Å². The Morgan fingerprint density at radius 1 is 1.30 bits per heavy atom. The van der Waals surface area contributed by atoms with Crippen LogP contribution in [0.3, 0.4) is 0 Å². The van der Waals surface area contributed by atoms with Crippen molar-refractivity contribution >= 4 is 23.4 Å². The normalized spacial score (nSPS) is 18.9. The van der Waals surface area contributed by atoms with E-state index in [2.05, 4.69) is 26.8 Å². The number of rotatable bonds is 2. The molecule has 6 heteroatoms. The topological polar surface area (TPSA) is 55.2 Å². The third kappa shape index (κ3) is 3.43. The number of fused-ring (bicyclic) bond motifs is 2. The minimum atomic E-state index is -0.166. The summed E-state index contributed by atoms with van der Waals surface area (Å²) in [6.07, 6.45) is 2.33. The van der Waals surface area contributed by atoms with E-state index in [1.165, 1.54) is 5.56 Å². The van der Waals surface area contributed by atoms with Crippen molar-refractivity contribution < 1.29 is 4.79 Å². The summed E-state index contributed by atoms with van der Waals surface area (Å²) < 4.78 is 1.72. The van der Waals surface area contributed by atoms with Crippen LogP contribution in [-0.2, 0) is 16.6 Å². The van der Waals surface area contributed by atoms with Gasteiger partial charge < -0.3 is 4.90 Å². The van der Waals surface area contributed by atoms with Crippen molar-refractivity contribution in [1.82, 2.24) is 9.55 Å². The number of para-hydroxylation sites is 1. The van der Waals surface area contributed by atoms with Crippen LogP contribution in [0, 0.1) is 0 Å². The molecule has 2 aliphatic rings. The van der Waals surface area contributed by atoms with Crippen molar-refractivity contribution in [2.75, 3.05) is 17.2 Å². The maximum atomic E-state index is 13.0. The second-order valence-corrected chi connectivity index (χ2v) is 9.32. The molecular formula is C21H25N3O2S. The Morgan fingerprint density at radius 2 is 2.07 bits per heavy atom. The SMILES string of the molecule is CC(C)(C)c1cc(=O)n2c(n1)SCC2CC(=O)N1CCCc2ccccc21. The van der Waals surface area contributed by atoms with Crippen molar-refractivity contribution in [1.29, 1.82) is 0 Å². The van der Waals surface area contributed by atoms with Crippen LogP contribution in [0.25, 0.3) is 0 Å². The second kappa shape index (κ2) is 6.82. The predicted molar refractivity (Wildman–Crippen MR) is 109 cm³/mol. The zero-order chi connectivity index (χ0) is 19.2. The molecule has 1 amide bonds. The number of benzene rings is 1. The Kier molecular flexibility index (Phi) is 4.62. The summed E-state index contributed by atoms with van der Waals surface area (Å²) in [6.45, 7) is 6.92. The van der Waals surface area contributed by atoms with Crippen molar-refractivity contribution in [3.8, 4) is 0 Å². The Labute approximate surface area is 163 Å². The fourth-order valence-electron chi connectivity index (χ4n) is 3.79. The summed E-state index contributed by atoms with van der Waals surface area (Å²) in [7, 11) is 0. The number of hydrogen-bond donors (Lipinski definition) is 0. The first-order valence-corrected chi connectivity index (χ1v) is 10.5. The summed E-state index contributed by atoms with van der Waals surface area (Å²) in [6, 6.07) is 9.62. The molecule has 0 fully saturated rings. The highest BCUT2D eigenvalue weighted by molar-refractivity contribution is 7.99. The summed E-state index contributed by atoms with van der Waals surface area (Å²) >= 11 is 1.58. The van der Waals surface area contributed by atoms with E-state index < -0.39 is 0 Å². The zero-order valence-corrected chi connectivity index (χ0v) is 16.9. The van der Waals surface area contributed by atoms with E-state index in [0.717, 1.165) is 41.7 Å². The second-order valence-electron chi connectivity index (χ2n) is 8.33. The van der Waals surface area contributed by atoms with Gasteiger partial charge in [-0.2, -0.15) is 0 Å². The van der Waals surface area contributed by atoms with Gasteiger partial charge in [0.2, 0.25) is 5.91 Å². The lowest BCUT2D eigenvalue weighted by Gasteiger charge is -2.30. The third-order valence-electron chi connectivity index (χ3n) is 5.28. The van der Waals surface area contributed by atoms with Gasteiger partial charge in [0.25, 0.3) is 5.56 Å². The number of thioether (sulfide) groups is 1. The largest absolute Gasteiger partial charge is 0.312 e. The maximum Gasteiger partial charge on any atom is 0.254 e. The van der Waals surface area contributed by atoms with Crippen molar-refractivity contribution in [2.45, 2.75) is 56.6 Å². The summed E-state index contributed by atoms with van der Waals surface area (Å²) in [5.74, 6) is 0.809. The molecule has 2 aromatic rings. The highest BCUT2D eigenvalue weighted by Crippen LogP contribution is 2.35. The molecule has 0 N–H and O–H groups in total. The lowest BCUT2D eigenvalue weighted by molar-refractivity contribution is -0.119. The lowest BCUT2D eigenvalue weighted by Crippen LogP contribution is -2.38. The number of nitrogens with zero attached hydrogens (tertiary/aromatic N) is 3. The van der Waals surface area contributed by atoms with Gasteiger partial charge in [-0.05, 0) is 24.5 Å². The standard InChI is InChI=1S/C21H25N3O2S/c1-21(2,3)17-12-19(26)24-15(13-27-20(24)22-17)11-18(25)23-10-6-8-14-7-4-5-9-16(14)23/h4-5,7,9,12,15H,6,8,10-11,13H2,1-3H3. The van der Waals surface area contributed by atoms with Crippen LogP contribution in [0.4, 0.5) is 5.69 Å². The summed E-state index contributed by atoms with van der Waals surface area (Å²) in [5.41, 5.74) is 2.84. The van der Waals surface area contributed by atoms with Crippen LogP contribution in [-0.4, -0.2) is 27.8 Å². The van der Waals surface area contributed by atoms with Gasteiger partial charge in [-0.1, -0.05) is 50.7 Å². The fourth-order valence-corrected chi connectivity index (χ4v) is 4.94. The lowest BCUT2D eigenvalue weighted by atomic mass is 9.92. The number of hydrogen-bond acceptors (Lipinski definition) is 4. The Morgan fingerprint density at radius 3 is 2.85 bits per heavy atom. The van der Waals surface area contributed by atoms with Gasteiger partial charge in [0.05, 0.1) is 11.7 Å². The number of carbonyl (C=O) groups is 1. The van der Waals surface area contributed by atoms with Gasteiger partial charge in [-0.3, -0.25) is 14.2 Å². The maximum absolute atomic E-state index is 13.0. The van der Waals surface area contributed by atoms with Crippen LogP contribution in [0.15, 0.2) is 40.3 Å². The molecule has 0 aliphatic carbocycles. The number of aryl methyl sites for hydroxylation is 1. The molecule has 2 aliphatic heterocycles. The quantitative estimate of drug-likeness (QED) is 0.744. The molecule has 1 aromatic heterocycles. The van der Waals surface area contributed by atoms with Gasteiger partial charge in [0.1, 0.15) is 0 Å². The zero-order valence-electron chi connectivity index (χ0n) is 16.1. The summed E-state index contributed by atoms with van der Waals surface area (Å²) in [5, 5.41) is 0.740. The molecule has 4 rings (SSSR count). The van der Waals surface area contributed by atoms with Crippen molar-refractivity contribution in [2.24, 2.45) is 0 Å². The number of carbonyl (C=O) groups excluding carboxylic acids is 1. The van der Waals surface area contributed by atoms with Gasteiger partial charge in [0, 0.05) is 35.9 Å². The molecule has 3 heterocycles. The minimum absolute atomic E-state index is 0.0493. The average Bonchev–Trinajstić information content (AvgIpc) is 3.04. The molecular weight excluding hydrogens is 358 g/mol. The molecule has 1 aromatic carbocycles. The van der Waals surface area contributed by atoms with E-state index >= 15 is 0 Å². The van der Waals surface area contributed by atoms with E-state index in [1.807, 2.05) is 23.1 Å². The molecule has 0 radical (unpaired) electrons. The monoisotopic (exact) mass is 383 g/mol. The minimum Gasteiger partial charge on any atom is -0.312 e. The molecule has 0 saturated heterocycles. The molecule has 27 heavy (non-hydrogen) atoms. The molecule has 142 valence electrons. The van der Waals surface area contributed by atoms with E-state index in [0.29, 0.717) is 6.42 Å². The van der Waals surface area contributed by atoms with Crippen LogP contribution in [0.5, 0.6) is 0 Å². The van der Waals surface area contributed by atoms with E-state index in [1.54, 1.807) is 22.4 Å². The van der Waals surface area contributed by atoms with Crippen molar-refractivity contribution in [3.63, 3.8) is 0 Å².